The minimum absolute atomic E-state index is 0.00389. The highest BCUT2D eigenvalue weighted by Crippen LogP contribution is 2.20. The summed E-state index contributed by atoms with van der Waals surface area (Å²) in [5, 5.41) is 8.97. The van der Waals surface area contributed by atoms with Crippen LogP contribution in [0.2, 0.25) is 0 Å². The van der Waals surface area contributed by atoms with Crippen molar-refractivity contribution < 1.29 is 19.4 Å². The van der Waals surface area contributed by atoms with E-state index in [0.29, 0.717) is 31.0 Å². The molecule has 1 unspecified atom stereocenters. The molecule has 148 valence electrons. The molecule has 0 spiro atoms. The van der Waals surface area contributed by atoms with E-state index >= 15 is 0 Å². The molecule has 1 saturated heterocycles. The number of amides is 1. The molecule has 6 nitrogen and oxygen atoms in total. The molecule has 1 atom stereocenters. The zero-order valence-electron chi connectivity index (χ0n) is 16.5. The van der Waals surface area contributed by atoms with Crippen molar-refractivity contribution in [1.29, 1.82) is 0 Å². The number of ether oxygens (including phenoxy) is 1. The quantitative estimate of drug-likeness (QED) is 0.743. The SMILES string of the molecule is CC(C)=CCOc1cccc(C(=O)N2CCCC(N(C)CC(=O)O)CC2)c1. The fourth-order valence-corrected chi connectivity index (χ4v) is 3.27. The van der Waals surface area contributed by atoms with Crippen LogP contribution in [0.5, 0.6) is 5.75 Å². The van der Waals surface area contributed by atoms with Crippen LogP contribution in [0.15, 0.2) is 35.9 Å². The van der Waals surface area contributed by atoms with Crippen LogP contribution in [-0.2, 0) is 4.79 Å². The smallest absolute Gasteiger partial charge is 0.317 e. The van der Waals surface area contributed by atoms with Crippen molar-refractivity contribution in [2.45, 2.75) is 39.2 Å². The molecule has 2 rings (SSSR count). The van der Waals surface area contributed by atoms with Gasteiger partial charge < -0.3 is 14.7 Å². The van der Waals surface area contributed by atoms with Crippen molar-refractivity contribution in [3.8, 4) is 5.75 Å². The Morgan fingerprint density at radius 1 is 1.30 bits per heavy atom. The molecule has 1 aliphatic rings. The van der Waals surface area contributed by atoms with Crippen molar-refractivity contribution in [3.63, 3.8) is 0 Å². The van der Waals surface area contributed by atoms with Crippen molar-refractivity contribution in [2.24, 2.45) is 0 Å². The van der Waals surface area contributed by atoms with E-state index in [9.17, 15) is 9.59 Å². The molecule has 1 aromatic rings. The van der Waals surface area contributed by atoms with Crippen LogP contribution in [0, 0.1) is 0 Å². The second-order valence-corrected chi connectivity index (χ2v) is 7.31. The molecular weight excluding hydrogens is 344 g/mol. The number of carbonyl (C=O) groups excluding carboxylic acids is 1. The highest BCUT2D eigenvalue weighted by molar-refractivity contribution is 5.94. The molecule has 0 saturated carbocycles. The Balaban J connectivity index is 1.97. The molecule has 27 heavy (non-hydrogen) atoms. The first-order chi connectivity index (χ1) is 12.9. The van der Waals surface area contributed by atoms with Gasteiger partial charge in [0.15, 0.2) is 0 Å². The normalized spacial score (nSPS) is 17.3. The Bertz CT molecular complexity index is 683. The Kier molecular flexibility index (Phi) is 7.85. The van der Waals surface area contributed by atoms with E-state index in [0.717, 1.165) is 19.3 Å². The van der Waals surface area contributed by atoms with Crippen molar-refractivity contribution in [3.05, 3.63) is 41.5 Å². The first-order valence-electron chi connectivity index (χ1n) is 9.44. The molecule has 0 aliphatic carbocycles. The number of allylic oxidation sites excluding steroid dienone is 1. The van der Waals surface area contributed by atoms with Crippen molar-refractivity contribution in [2.75, 3.05) is 33.3 Å². The number of likely N-dealkylation sites (N-methyl/N-ethyl adjacent to an activating group) is 1. The first kappa shape index (κ1) is 21.0. The van der Waals surface area contributed by atoms with E-state index in [4.69, 9.17) is 9.84 Å². The highest BCUT2D eigenvalue weighted by atomic mass is 16.5. The van der Waals surface area contributed by atoms with Crippen LogP contribution in [0.4, 0.5) is 0 Å². The molecule has 1 fully saturated rings. The second kappa shape index (κ2) is 10.1. The van der Waals surface area contributed by atoms with Gasteiger partial charge in [-0.05, 0) is 64.4 Å². The maximum Gasteiger partial charge on any atom is 0.317 e. The lowest BCUT2D eigenvalue weighted by atomic mass is 10.1. The number of carboxylic acids is 1. The topological polar surface area (TPSA) is 70.1 Å². The zero-order chi connectivity index (χ0) is 19.8. The van der Waals surface area contributed by atoms with Gasteiger partial charge >= 0.3 is 5.97 Å². The number of hydrogen-bond donors (Lipinski definition) is 1. The largest absolute Gasteiger partial charge is 0.490 e. The van der Waals surface area contributed by atoms with E-state index in [1.807, 2.05) is 55.0 Å². The third kappa shape index (κ3) is 6.71. The molecule has 1 aliphatic heterocycles. The highest BCUT2D eigenvalue weighted by Gasteiger charge is 2.24. The van der Waals surface area contributed by atoms with Gasteiger partial charge in [0.1, 0.15) is 12.4 Å². The third-order valence-corrected chi connectivity index (χ3v) is 4.82. The summed E-state index contributed by atoms with van der Waals surface area (Å²) in [5.41, 5.74) is 1.82. The molecule has 1 N–H and O–H groups in total. The van der Waals surface area contributed by atoms with E-state index in [2.05, 4.69) is 0 Å². The van der Waals surface area contributed by atoms with E-state index in [-0.39, 0.29) is 18.5 Å². The number of likely N-dealkylation sites (tertiary alicyclic amines) is 1. The van der Waals surface area contributed by atoms with Crippen LogP contribution in [-0.4, -0.2) is 66.1 Å². The number of benzene rings is 1. The fourth-order valence-electron chi connectivity index (χ4n) is 3.27. The number of rotatable bonds is 7. The average molecular weight is 374 g/mol. The number of carboxylic acid groups (broad SMARTS) is 1. The summed E-state index contributed by atoms with van der Waals surface area (Å²) in [6.07, 6.45) is 4.56. The predicted octanol–water partition coefficient (Wildman–Crippen LogP) is 3.04. The lowest BCUT2D eigenvalue weighted by Crippen LogP contribution is -2.37. The van der Waals surface area contributed by atoms with E-state index in [1.165, 1.54) is 5.57 Å². The summed E-state index contributed by atoms with van der Waals surface area (Å²) in [7, 11) is 1.84. The van der Waals surface area contributed by atoms with Crippen LogP contribution < -0.4 is 4.74 Å². The van der Waals surface area contributed by atoms with E-state index < -0.39 is 5.97 Å². The van der Waals surface area contributed by atoms with Gasteiger partial charge in [-0.1, -0.05) is 11.6 Å². The third-order valence-electron chi connectivity index (χ3n) is 4.82. The van der Waals surface area contributed by atoms with Gasteiger partial charge in [-0.25, -0.2) is 0 Å². The number of aliphatic carboxylic acids is 1. The summed E-state index contributed by atoms with van der Waals surface area (Å²) in [5.74, 6) is -0.129. The summed E-state index contributed by atoms with van der Waals surface area (Å²) >= 11 is 0. The van der Waals surface area contributed by atoms with Gasteiger partial charge in [0, 0.05) is 24.7 Å². The zero-order valence-corrected chi connectivity index (χ0v) is 16.5. The number of hydrogen-bond acceptors (Lipinski definition) is 4. The van der Waals surface area contributed by atoms with Gasteiger partial charge in [-0.3, -0.25) is 14.5 Å². The summed E-state index contributed by atoms with van der Waals surface area (Å²) in [6, 6.07) is 7.49. The van der Waals surface area contributed by atoms with Crippen molar-refractivity contribution in [1.82, 2.24) is 9.80 Å². The van der Waals surface area contributed by atoms with Gasteiger partial charge in [0.25, 0.3) is 5.91 Å². The maximum absolute atomic E-state index is 12.9. The Labute approximate surface area is 161 Å². The molecule has 0 bridgehead atoms. The Morgan fingerprint density at radius 2 is 2.07 bits per heavy atom. The molecule has 1 heterocycles. The monoisotopic (exact) mass is 374 g/mol. The molecule has 0 radical (unpaired) electrons. The summed E-state index contributed by atoms with van der Waals surface area (Å²) in [6.45, 7) is 5.88. The lowest BCUT2D eigenvalue weighted by Gasteiger charge is -2.25. The molecule has 1 amide bonds. The fraction of sp³-hybridized carbons (Fsp3) is 0.524. The first-order valence-corrected chi connectivity index (χ1v) is 9.44. The molecule has 1 aromatic carbocycles. The average Bonchev–Trinajstić information content (AvgIpc) is 2.87. The van der Waals surface area contributed by atoms with Crippen LogP contribution in [0.1, 0.15) is 43.5 Å². The molecular formula is C21H30N2O4. The predicted molar refractivity (Wildman–Crippen MR) is 105 cm³/mol. The molecule has 0 aromatic heterocycles. The maximum atomic E-state index is 12.9. The number of nitrogens with zero attached hydrogens (tertiary/aromatic N) is 2. The minimum atomic E-state index is -0.820. The van der Waals surface area contributed by atoms with Gasteiger partial charge in [0.2, 0.25) is 0 Å². The summed E-state index contributed by atoms with van der Waals surface area (Å²) in [4.78, 5) is 27.5. The van der Waals surface area contributed by atoms with Gasteiger partial charge in [-0.15, -0.1) is 0 Å². The van der Waals surface area contributed by atoms with Crippen molar-refractivity contribution >= 4 is 11.9 Å². The molecule has 6 heteroatoms. The standard InChI is InChI=1S/C21H30N2O4/c1-16(2)10-13-27-19-8-4-6-17(14-19)21(26)23-11-5-7-18(9-12-23)22(3)15-20(24)25/h4,6,8,10,14,18H,5,7,9,11-13,15H2,1-3H3,(H,24,25). The van der Waals surface area contributed by atoms with Gasteiger partial charge in [-0.2, -0.15) is 0 Å². The van der Waals surface area contributed by atoms with Crippen LogP contribution in [0.25, 0.3) is 0 Å². The summed E-state index contributed by atoms with van der Waals surface area (Å²) < 4.78 is 5.70. The van der Waals surface area contributed by atoms with E-state index in [1.54, 1.807) is 6.07 Å². The van der Waals surface area contributed by atoms with Crippen LogP contribution in [0.3, 0.4) is 0 Å². The Morgan fingerprint density at radius 3 is 2.78 bits per heavy atom. The minimum Gasteiger partial charge on any atom is -0.490 e. The lowest BCUT2D eigenvalue weighted by molar-refractivity contribution is -0.138. The second-order valence-electron chi connectivity index (χ2n) is 7.31. The Hall–Kier alpha value is -2.34. The van der Waals surface area contributed by atoms with Crippen LogP contribution >= 0.6 is 0 Å². The number of carbonyl (C=O) groups is 2. The van der Waals surface area contributed by atoms with Gasteiger partial charge in [0.05, 0.1) is 6.54 Å².